The third kappa shape index (κ3) is 2.95. The minimum Gasteiger partial charge on any atom is -0.327 e. The second kappa shape index (κ2) is 5.88. The smallest absolute Gasteiger partial charge is 0.0108 e. The van der Waals surface area contributed by atoms with E-state index in [1.807, 2.05) is 0 Å². The van der Waals surface area contributed by atoms with Crippen molar-refractivity contribution < 1.29 is 0 Å². The summed E-state index contributed by atoms with van der Waals surface area (Å²) in [6.07, 6.45) is 6.49. The molecule has 1 saturated carbocycles. The van der Waals surface area contributed by atoms with Crippen molar-refractivity contribution in [2.75, 3.05) is 0 Å². The fourth-order valence-electron chi connectivity index (χ4n) is 3.33. The Morgan fingerprint density at radius 2 is 1.94 bits per heavy atom. The highest BCUT2D eigenvalue weighted by Gasteiger charge is 2.28. The van der Waals surface area contributed by atoms with Crippen LogP contribution in [0, 0.1) is 19.8 Å². The highest BCUT2D eigenvalue weighted by atomic mass is 14.7. The van der Waals surface area contributed by atoms with E-state index in [1.54, 1.807) is 0 Å². The lowest BCUT2D eigenvalue weighted by Crippen LogP contribution is -2.34. The first-order valence-electron chi connectivity index (χ1n) is 7.44. The Hall–Kier alpha value is -0.820. The van der Waals surface area contributed by atoms with Crippen molar-refractivity contribution in [3.63, 3.8) is 0 Å². The van der Waals surface area contributed by atoms with Crippen LogP contribution in [0.3, 0.4) is 0 Å². The number of hydrogen-bond donors (Lipinski definition) is 1. The normalized spacial score (nSPS) is 28.3. The second-order valence-corrected chi connectivity index (χ2v) is 6.08. The van der Waals surface area contributed by atoms with Crippen molar-refractivity contribution in [1.29, 1.82) is 0 Å². The standard InChI is InChI=1S/C17H27N/c1-4-5-14-7-9-17(18)16(11-14)15-8-6-12(2)13(3)10-15/h6,8,10,14,16-17H,4-5,7,9,11,18H2,1-3H3. The van der Waals surface area contributed by atoms with E-state index in [-0.39, 0.29) is 0 Å². The molecule has 0 spiro atoms. The molecular formula is C17H27N. The van der Waals surface area contributed by atoms with Crippen molar-refractivity contribution in [1.82, 2.24) is 0 Å². The van der Waals surface area contributed by atoms with Gasteiger partial charge in [-0.3, -0.25) is 0 Å². The van der Waals surface area contributed by atoms with Crippen LogP contribution < -0.4 is 5.73 Å². The first-order chi connectivity index (χ1) is 8.61. The van der Waals surface area contributed by atoms with E-state index in [9.17, 15) is 0 Å². The lowest BCUT2D eigenvalue weighted by Gasteiger charge is -2.34. The second-order valence-electron chi connectivity index (χ2n) is 6.08. The van der Waals surface area contributed by atoms with E-state index in [2.05, 4.69) is 39.0 Å². The molecule has 0 aliphatic heterocycles. The lowest BCUT2D eigenvalue weighted by atomic mass is 9.73. The van der Waals surface area contributed by atoms with E-state index >= 15 is 0 Å². The van der Waals surface area contributed by atoms with Gasteiger partial charge in [0.05, 0.1) is 0 Å². The van der Waals surface area contributed by atoms with E-state index < -0.39 is 0 Å². The van der Waals surface area contributed by atoms with Gasteiger partial charge in [-0.2, -0.15) is 0 Å². The maximum absolute atomic E-state index is 6.36. The largest absolute Gasteiger partial charge is 0.327 e. The SMILES string of the molecule is CCCC1CCC(N)C(c2ccc(C)c(C)c2)C1. The maximum Gasteiger partial charge on any atom is 0.0108 e. The Morgan fingerprint density at radius 1 is 1.17 bits per heavy atom. The molecule has 3 unspecified atom stereocenters. The third-order valence-corrected chi connectivity index (χ3v) is 4.67. The minimum absolute atomic E-state index is 0.361. The van der Waals surface area contributed by atoms with Crippen LogP contribution >= 0.6 is 0 Å². The zero-order valence-corrected chi connectivity index (χ0v) is 12.1. The molecule has 0 radical (unpaired) electrons. The maximum atomic E-state index is 6.36. The number of rotatable bonds is 3. The van der Waals surface area contributed by atoms with Crippen molar-refractivity contribution >= 4 is 0 Å². The zero-order chi connectivity index (χ0) is 13.1. The van der Waals surface area contributed by atoms with Gasteiger partial charge >= 0.3 is 0 Å². The number of aryl methyl sites for hydroxylation is 2. The summed E-state index contributed by atoms with van der Waals surface area (Å²) in [7, 11) is 0. The summed E-state index contributed by atoms with van der Waals surface area (Å²) in [4.78, 5) is 0. The molecule has 3 atom stereocenters. The summed E-state index contributed by atoms with van der Waals surface area (Å²) in [6.45, 7) is 6.68. The molecule has 0 bridgehead atoms. The van der Waals surface area contributed by atoms with Gasteiger partial charge in [-0.25, -0.2) is 0 Å². The van der Waals surface area contributed by atoms with E-state index in [0.717, 1.165) is 5.92 Å². The molecule has 100 valence electrons. The molecular weight excluding hydrogens is 218 g/mol. The summed E-state index contributed by atoms with van der Waals surface area (Å²) in [5, 5.41) is 0. The lowest BCUT2D eigenvalue weighted by molar-refractivity contribution is 0.274. The summed E-state index contributed by atoms with van der Waals surface area (Å²) < 4.78 is 0. The Labute approximate surface area is 112 Å². The molecule has 0 saturated heterocycles. The fraction of sp³-hybridized carbons (Fsp3) is 0.647. The van der Waals surface area contributed by atoms with Crippen LogP contribution in [0.2, 0.25) is 0 Å². The van der Waals surface area contributed by atoms with Crippen molar-refractivity contribution in [3.8, 4) is 0 Å². The summed E-state index contributed by atoms with van der Waals surface area (Å²) in [5.74, 6) is 1.47. The molecule has 0 aromatic heterocycles. The molecule has 0 amide bonds. The Morgan fingerprint density at radius 3 is 2.61 bits per heavy atom. The molecule has 1 nitrogen and oxygen atoms in total. The van der Waals surface area contributed by atoms with Crippen molar-refractivity contribution in [2.24, 2.45) is 11.7 Å². The van der Waals surface area contributed by atoms with E-state index in [1.165, 1.54) is 48.8 Å². The van der Waals surface area contributed by atoms with Crippen LogP contribution in [0.15, 0.2) is 18.2 Å². The van der Waals surface area contributed by atoms with Crippen LogP contribution in [0.5, 0.6) is 0 Å². The molecule has 1 aromatic carbocycles. The van der Waals surface area contributed by atoms with Crippen LogP contribution in [0.4, 0.5) is 0 Å². The minimum atomic E-state index is 0.361. The van der Waals surface area contributed by atoms with Gasteiger partial charge in [-0.15, -0.1) is 0 Å². The highest BCUT2D eigenvalue weighted by molar-refractivity contribution is 5.33. The molecule has 2 rings (SSSR count). The van der Waals surface area contributed by atoms with Gasteiger partial charge < -0.3 is 5.73 Å². The summed E-state index contributed by atoms with van der Waals surface area (Å²) in [6, 6.07) is 7.26. The van der Waals surface area contributed by atoms with Gasteiger partial charge in [0.25, 0.3) is 0 Å². The first kappa shape index (κ1) is 13.6. The average Bonchev–Trinajstić information content (AvgIpc) is 2.35. The molecule has 2 N–H and O–H groups in total. The van der Waals surface area contributed by atoms with Crippen LogP contribution in [0.1, 0.15) is 61.6 Å². The topological polar surface area (TPSA) is 26.0 Å². The Balaban J connectivity index is 2.16. The van der Waals surface area contributed by atoms with Gasteiger partial charge in [-0.1, -0.05) is 38.0 Å². The van der Waals surface area contributed by atoms with Crippen LogP contribution in [0.25, 0.3) is 0 Å². The van der Waals surface area contributed by atoms with E-state index in [4.69, 9.17) is 5.73 Å². The van der Waals surface area contributed by atoms with Gasteiger partial charge in [-0.05, 0) is 61.6 Å². The number of benzene rings is 1. The quantitative estimate of drug-likeness (QED) is 0.843. The first-order valence-corrected chi connectivity index (χ1v) is 7.44. The predicted molar refractivity (Wildman–Crippen MR) is 78.9 cm³/mol. The molecule has 18 heavy (non-hydrogen) atoms. The number of hydrogen-bond acceptors (Lipinski definition) is 1. The molecule has 1 aliphatic rings. The van der Waals surface area contributed by atoms with Crippen LogP contribution in [-0.4, -0.2) is 6.04 Å². The molecule has 1 aromatic rings. The van der Waals surface area contributed by atoms with Crippen LogP contribution in [-0.2, 0) is 0 Å². The van der Waals surface area contributed by atoms with Gasteiger partial charge in [0.15, 0.2) is 0 Å². The van der Waals surface area contributed by atoms with Crippen molar-refractivity contribution in [3.05, 3.63) is 34.9 Å². The number of nitrogens with two attached hydrogens (primary N) is 1. The van der Waals surface area contributed by atoms with Gasteiger partial charge in [0, 0.05) is 6.04 Å². The fourth-order valence-corrected chi connectivity index (χ4v) is 3.33. The monoisotopic (exact) mass is 245 g/mol. The third-order valence-electron chi connectivity index (χ3n) is 4.67. The summed E-state index contributed by atoms with van der Waals surface area (Å²) >= 11 is 0. The molecule has 1 fully saturated rings. The highest BCUT2D eigenvalue weighted by Crippen LogP contribution is 2.37. The van der Waals surface area contributed by atoms with Gasteiger partial charge in [0.2, 0.25) is 0 Å². The average molecular weight is 245 g/mol. The van der Waals surface area contributed by atoms with Gasteiger partial charge in [0.1, 0.15) is 0 Å². The summed E-state index contributed by atoms with van der Waals surface area (Å²) in [5.41, 5.74) is 10.6. The molecule has 1 aliphatic carbocycles. The Bertz CT molecular complexity index is 397. The molecule has 0 heterocycles. The zero-order valence-electron chi connectivity index (χ0n) is 12.1. The predicted octanol–water partition coefficient (Wildman–Crippen LogP) is 4.31. The van der Waals surface area contributed by atoms with Crippen molar-refractivity contribution in [2.45, 2.75) is 64.8 Å². The van der Waals surface area contributed by atoms with E-state index in [0.29, 0.717) is 12.0 Å². The molecule has 1 heteroatoms. The Kier molecular flexibility index (Phi) is 4.45.